The number of nitrogens with one attached hydrogen (secondary N) is 1. The third-order valence-electron chi connectivity index (χ3n) is 3.58. The second-order valence-corrected chi connectivity index (χ2v) is 6.37. The van der Waals surface area contributed by atoms with Gasteiger partial charge in [-0.25, -0.2) is 0 Å². The average Bonchev–Trinajstić information content (AvgIpc) is 2.79. The molecule has 0 aliphatic heterocycles. The Morgan fingerprint density at radius 3 is 2.87 bits per heavy atom. The van der Waals surface area contributed by atoms with Gasteiger partial charge in [0, 0.05) is 29.7 Å². The van der Waals surface area contributed by atoms with Crippen LogP contribution in [0.15, 0.2) is 41.0 Å². The van der Waals surface area contributed by atoms with Gasteiger partial charge in [0.1, 0.15) is 4.60 Å². The summed E-state index contributed by atoms with van der Waals surface area (Å²) in [5.74, 6) is -0.231. The van der Waals surface area contributed by atoms with Gasteiger partial charge in [-0.1, -0.05) is 17.7 Å². The summed E-state index contributed by atoms with van der Waals surface area (Å²) in [6.45, 7) is 0.402. The number of aryl methyl sites for hydroxylation is 1. The van der Waals surface area contributed by atoms with Crippen LogP contribution in [0.4, 0.5) is 5.69 Å². The highest BCUT2D eigenvalue weighted by molar-refractivity contribution is 9.10. The fraction of sp³-hybridized carbons (Fsp3) is 0.125. The zero-order valence-corrected chi connectivity index (χ0v) is 14.6. The smallest absolute Gasteiger partial charge is 0.253 e. The zero-order chi connectivity index (χ0) is 16.6. The SMILES string of the molecule is Cn1nc(Br)c2ccc(CNC(=O)c3ccc(Cl)cc3N)cc21. The number of benzene rings is 2. The molecule has 5 nitrogen and oxygen atoms in total. The maximum absolute atomic E-state index is 12.2. The van der Waals surface area contributed by atoms with Crippen molar-refractivity contribution in [2.24, 2.45) is 7.05 Å². The van der Waals surface area contributed by atoms with E-state index in [9.17, 15) is 4.79 Å². The molecule has 3 rings (SSSR count). The van der Waals surface area contributed by atoms with Gasteiger partial charge in [0.2, 0.25) is 0 Å². The largest absolute Gasteiger partial charge is 0.398 e. The summed E-state index contributed by atoms with van der Waals surface area (Å²) in [4.78, 5) is 12.2. The van der Waals surface area contributed by atoms with Crippen molar-refractivity contribution in [3.63, 3.8) is 0 Å². The maximum atomic E-state index is 12.2. The van der Waals surface area contributed by atoms with Crippen molar-refractivity contribution in [1.29, 1.82) is 0 Å². The molecule has 1 amide bonds. The number of carbonyl (C=O) groups excluding carboxylic acids is 1. The molecular weight excluding hydrogens is 380 g/mol. The fourth-order valence-electron chi connectivity index (χ4n) is 2.39. The topological polar surface area (TPSA) is 72.9 Å². The molecule has 0 saturated carbocycles. The number of nitrogens with two attached hydrogens (primary N) is 1. The molecule has 2 aromatic carbocycles. The minimum atomic E-state index is -0.231. The summed E-state index contributed by atoms with van der Waals surface area (Å²) >= 11 is 9.27. The molecule has 0 bridgehead atoms. The van der Waals surface area contributed by atoms with E-state index >= 15 is 0 Å². The van der Waals surface area contributed by atoms with Crippen LogP contribution in [0.1, 0.15) is 15.9 Å². The molecule has 3 N–H and O–H groups in total. The first-order valence-electron chi connectivity index (χ1n) is 6.90. The third-order valence-corrected chi connectivity index (χ3v) is 4.40. The molecule has 0 saturated heterocycles. The van der Waals surface area contributed by atoms with Crippen LogP contribution in [0.5, 0.6) is 0 Å². The lowest BCUT2D eigenvalue weighted by atomic mass is 10.1. The minimum Gasteiger partial charge on any atom is -0.398 e. The van der Waals surface area contributed by atoms with Crippen LogP contribution in [0.25, 0.3) is 10.9 Å². The summed E-state index contributed by atoms with van der Waals surface area (Å²) in [6.07, 6.45) is 0. The van der Waals surface area contributed by atoms with Gasteiger partial charge in [-0.3, -0.25) is 9.48 Å². The molecule has 7 heteroatoms. The van der Waals surface area contributed by atoms with E-state index in [-0.39, 0.29) is 5.91 Å². The van der Waals surface area contributed by atoms with E-state index in [0.717, 1.165) is 21.1 Å². The zero-order valence-electron chi connectivity index (χ0n) is 12.3. The Hall–Kier alpha value is -2.05. The number of hydrogen-bond donors (Lipinski definition) is 2. The predicted molar refractivity (Wildman–Crippen MR) is 95.4 cm³/mol. The quantitative estimate of drug-likeness (QED) is 0.669. The summed E-state index contributed by atoms with van der Waals surface area (Å²) < 4.78 is 2.60. The van der Waals surface area contributed by atoms with Gasteiger partial charge < -0.3 is 11.1 Å². The number of anilines is 1. The molecule has 0 aliphatic carbocycles. The summed E-state index contributed by atoms with van der Waals surface area (Å²) in [5.41, 5.74) is 8.58. The third kappa shape index (κ3) is 3.18. The maximum Gasteiger partial charge on any atom is 0.253 e. The molecule has 0 radical (unpaired) electrons. The van der Waals surface area contributed by atoms with Crippen LogP contribution < -0.4 is 11.1 Å². The van der Waals surface area contributed by atoms with Crippen molar-refractivity contribution in [3.05, 3.63) is 57.2 Å². The van der Waals surface area contributed by atoms with Crippen LogP contribution in [0.2, 0.25) is 5.02 Å². The Kier molecular flexibility index (Phi) is 4.28. The van der Waals surface area contributed by atoms with E-state index in [2.05, 4.69) is 26.3 Å². The predicted octanol–water partition coefficient (Wildman–Crippen LogP) is 3.50. The summed E-state index contributed by atoms with van der Waals surface area (Å²) in [5, 5.41) is 8.71. The molecule has 3 aromatic rings. The number of aromatic nitrogens is 2. The van der Waals surface area contributed by atoms with E-state index < -0.39 is 0 Å². The first-order valence-corrected chi connectivity index (χ1v) is 8.07. The number of nitrogens with zero attached hydrogens (tertiary/aromatic N) is 2. The molecule has 0 aliphatic rings. The lowest BCUT2D eigenvalue weighted by Gasteiger charge is -2.08. The highest BCUT2D eigenvalue weighted by Gasteiger charge is 2.11. The molecule has 23 heavy (non-hydrogen) atoms. The molecule has 118 valence electrons. The first-order chi connectivity index (χ1) is 11.0. The Labute approximate surface area is 146 Å². The van der Waals surface area contributed by atoms with E-state index in [0.29, 0.717) is 22.8 Å². The van der Waals surface area contributed by atoms with E-state index in [1.165, 1.54) is 0 Å². The molecule has 0 atom stereocenters. The second-order valence-electron chi connectivity index (χ2n) is 5.18. The Morgan fingerprint density at radius 2 is 2.13 bits per heavy atom. The molecule has 0 spiro atoms. The van der Waals surface area contributed by atoms with Crippen molar-refractivity contribution >= 4 is 50.0 Å². The number of nitrogen functional groups attached to an aromatic ring is 1. The lowest BCUT2D eigenvalue weighted by Crippen LogP contribution is -2.23. The van der Waals surface area contributed by atoms with E-state index in [1.54, 1.807) is 22.9 Å². The fourth-order valence-corrected chi connectivity index (χ4v) is 3.14. The lowest BCUT2D eigenvalue weighted by molar-refractivity contribution is 0.0952. The average molecular weight is 394 g/mol. The van der Waals surface area contributed by atoms with Gasteiger partial charge >= 0.3 is 0 Å². The molecule has 0 unspecified atom stereocenters. The Morgan fingerprint density at radius 1 is 1.35 bits per heavy atom. The van der Waals surface area contributed by atoms with Crippen LogP contribution >= 0.6 is 27.5 Å². The first kappa shape index (κ1) is 15.8. The normalized spacial score (nSPS) is 10.9. The number of rotatable bonds is 3. The van der Waals surface area contributed by atoms with Gasteiger partial charge in [-0.15, -0.1) is 0 Å². The van der Waals surface area contributed by atoms with Crippen LogP contribution in [-0.4, -0.2) is 15.7 Å². The highest BCUT2D eigenvalue weighted by atomic mass is 79.9. The molecule has 0 fully saturated rings. The van der Waals surface area contributed by atoms with Crippen molar-refractivity contribution in [2.45, 2.75) is 6.54 Å². The molecule has 1 aromatic heterocycles. The van der Waals surface area contributed by atoms with Gasteiger partial charge in [-0.05, 0) is 51.8 Å². The van der Waals surface area contributed by atoms with E-state index in [4.69, 9.17) is 17.3 Å². The van der Waals surface area contributed by atoms with Crippen LogP contribution in [0, 0.1) is 0 Å². The van der Waals surface area contributed by atoms with Gasteiger partial charge in [0.15, 0.2) is 0 Å². The summed E-state index contributed by atoms with van der Waals surface area (Å²) in [7, 11) is 1.88. The number of carbonyl (C=O) groups is 1. The van der Waals surface area contributed by atoms with E-state index in [1.807, 2.05) is 25.2 Å². The Bertz CT molecular complexity index is 906. The van der Waals surface area contributed by atoms with Crippen molar-refractivity contribution in [1.82, 2.24) is 15.1 Å². The second kappa shape index (κ2) is 6.22. The minimum absolute atomic E-state index is 0.231. The standard InChI is InChI=1S/C16H14BrClN4O/c1-22-14-6-9(2-4-12(14)15(17)21-22)8-20-16(23)11-5-3-10(18)7-13(11)19/h2-7H,8,19H2,1H3,(H,20,23). The van der Waals surface area contributed by atoms with Gasteiger partial charge in [0.05, 0.1) is 11.1 Å². The number of halogens is 2. The monoisotopic (exact) mass is 392 g/mol. The van der Waals surface area contributed by atoms with Gasteiger partial charge in [-0.2, -0.15) is 5.10 Å². The van der Waals surface area contributed by atoms with Crippen molar-refractivity contribution in [3.8, 4) is 0 Å². The number of amides is 1. The van der Waals surface area contributed by atoms with Crippen molar-refractivity contribution in [2.75, 3.05) is 5.73 Å². The van der Waals surface area contributed by atoms with Gasteiger partial charge in [0.25, 0.3) is 5.91 Å². The summed E-state index contributed by atoms with van der Waals surface area (Å²) in [6, 6.07) is 10.8. The van der Waals surface area contributed by atoms with Crippen molar-refractivity contribution < 1.29 is 4.79 Å². The molecule has 1 heterocycles. The van der Waals surface area contributed by atoms with Crippen LogP contribution in [-0.2, 0) is 13.6 Å². The number of hydrogen-bond acceptors (Lipinski definition) is 3. The number of fused-ring (bicyclic) bond motifs is 1. The molecular formula is C16H14BrClN4O. The highest BCUT2D eigenvalue weighted by Crippen LogP contribution is 2.23. The Balaban J connectivity index is 1.77. The van der Waals surface area contributed by atoms with Crippen LogP contribution in [0.3, 0.4) is 0 Å².